The van der Waals surface area contributed by atoms with Crippen LogP contribution in [0, 0.1) is 5.82 Å². The zero-order valence-electron chi connectivity index (χ0n) is 11.9. The first-order chi connectivity index (χ1) is 11.0. The topological polar surface area (TPSA) is 103 Å². The third-order valence-electron chi connectivity index (χ3n) is 3.12. The number of carbonyl (C=O) groups is 1. The molecule has 3 rings (SSSR count). The van der Waals surface area contributed by atoms with Gasteiger partial charge in [-0.3, -0.25) is 0 Å². The van der Waals surface area contributed by atoms with E-state index in [1.807, 2.05) is 0 Å². The number of aromatic nitrogens is 4. The molecular weight excluding hydrogens is 307 g/mol. The molecule has 0 aliphatic heterocycles. The molecule has 1 aromatic carbocycles. The van der Waals surface area contributed by atoms with Crippen LogP contribution in [-0.4, -0.2) is 31.2 Å². The van der Waals surface area contributed by atoms with E-state index in [0.717, 1.165) is 0 Å². The van der Waals surface area contributed by atoms with Gasteiger partial charge >= 0.3 is 5.97 Å². The van der Waals surface area contributed by atoms with E-state index < -0.39 is 5.97 Å². The lowest BCUT2D eigenvalue weighted by Gasteiger charge is -2.05. The Labute approximate surface area is 129 Å². The zero-order chi connectivity index (χ0) is 16.4. The number of ether oxygens (including phenoxy) is 1. The molecule has 1 N–H and O–H groups in total. The fourth-order valence-electron chi connectivity index (χ4n) is 1.94. The fraction of sp³-hybridized carbons (Fsp3) is 0.143. The van der Waals surface area contributed by atoms with Gasteiger partial charge in [-0.15, -0.1) is 5.10 Å². The number of rotatable bonds is 5. The summed E-state index contributed by atoms with van der Waals surface area (Å²) in [6, 6.07) is 6.99. The second kappa shape index (κ2) is 5.87. The van der Waals surface area contributed by atoms with Crippen LogP contribution in [0.1, 0.15) is 16.2 Å². The Morgan fingerprint density at radius 3 is 2.78 bits per heavy atom. The highest BCUT2D eigenvalue weighted by Crippen LogP contribution is 2.22. The van der Waals surface area contributed by atoms with Crippen molar-refractivity contribution in [2.75, 3.05) is 0 Å². The molecule has 8 nitrogen and oxygen atoms in total. The van der Waals surface area contributed by atoms with Crippen LogP contribution in [0.2, 0.25) is 0 Å². The predicted octanol–water partition coefficient (Wildman–Crippen LogP) is 1.89. The van der Waals surface area contributed by atoms with Crippen molar-refractivity contribution in [3.8, 4) is 17.1 Å². The molecule has 0 unspecified atom stereocenters. The number of carboxylic acids is 1. The fourth-order valence-corrected chi connectivity index (χ4v) is 1.94. The summed E-state index contributed by atoms with van der Waals surface area (Å²) in [5, 5.41) is 20.2. The van der Waals surface area contributed by atoms with Gasteiger partial charge in [0, 0.05) is 12.6 Å². The molecule has 118 valence electrons. The van der Waals surface area contributed by atoms with Crippen molar-refractivity contribution in [2.45, 2.75) is 6.61 Å². The van der Waals surface area contributed by atoms with Crippen LogP contribution in [0.15, 0.2) is 34.9 Å². The molecule has 0 radical (unpaired) electrons. The number of halogens is 1. The maximum absolute atomic E-state index is 13.0. The van der Waals surface area contributed by atoms with Crippen LogP contribution in [0.4, 0.5) is 4.39 Å². The Balaban J connectivity index is 1.81. The molecule has 3 aromatic rings. The number of nitrogens with zero attached hydrogens (tertiary/aromatic N) is 4. The normalized spacial score (nSPS) is 10.7. The van der Waals surface area contributed by atoms with Crippen LogP contribution < -0.4 is 4.74 Å². The molecule has 0 saturated heterocycles. The molecule has 0 amide bonds. The SMILES string of the molecule is Cn1nnc(-c2ccc(F)cc2)c1COc1cc(C(=O)O)on1. The third kappa shape index (κ3) is 3.03. The van der Waals surface area contributed by atoms with Crippen molar-refractivity contribution in [3.63, 3.8) is 0 Å². The largest absolute Gasteiger partial charge is 0.475 e. The molecule has 2 heterocycles. The van der Waals surface area contributed by atoms with E-state index in [4.69, 9.17) is 9.84 Å². The van der Waals surface area contributed by atoms with E-state index in [1.54, 1.807) is 19.2 Å². The standard InChI is InChI=1S/C14H11FN4O4/c1-19-10(7-22-12-6-11(14(20)21)23-17-12)13(16-18-19)8-2-4-9(15)5-3-8/h2-6H,7H2,1H3,(H,20,21). The summed E-state index contributed by atoms with van der Waals surface area (Å²) in [6.45, 7) is 0.0435. The van der Waals surface area contributed by atoms with E-state index in [1.165, 1.54) is 22.9 Å². The van der Waals surface area contributed by atoms with Gasteiger partial charge < -0.3 is 14.4 Å². The Morgan fingerprint density at radius 2 is 2.13 bits per heavy atom. The minimum atomic E-state index is -1.23. The van der Waals surface area contributed by atoms with Gasteiger partial charge in [0.05, 0.1) is 6.07 Å². The van der Waals surface area contributed by atoms with Gasteiger partial charge in [0.1, 0.15) is 23.8 Å². The van der Waals surface area contributed by atoms with E-state index in [-0.39, 0.29) is 24.1 Å². The maximum atomic E-state index is 13.0. The molecule has 0 aliphatic rings. The lowest BCUT2D eigenvalue weighted by Crippen LogP contribution is -2.04. The highest BCUT2D eigenvalue weighted by molar-refractivity contribution is 5.84. The van der Waals surface area contributed by atoms with Crippen molar-refractivity contribution >= 4 is 5.97 Å². The molecule has 0 atom stereocenters. The van der Waals surface area contributed by atoms with Crippen LogP contribution in [0.25, 0.3) is 11.3 Å². The molecule has 0 spiro atoms. The summed E-state index contributed by atoms with van der Waals surface area (Å²) in [5.74, 6) is -1.86. The van der Waals surface area contributed by atoms with Gasteiger partial charge in [-0.1, -0.05) is 5.21 Å². The van der Waals surface area contributed by atoms with E-state index in [9.17, 15) is 9.18 Å². The number of benzene rings is 1. The highest BCUT2D eigenvalue weighted by atomic mass is 19.1. The van der Waals surface area contributed by atoms with E-state index in [0.29, 0.717) is 17.0 Å². The van der Waals surface area contributed by atoms with Crippen LogP contribution in [0.5, 0.6) is 5.88 Å². The molecule has 0 fully saturated rings. The van der Waals surface area contributed by atoms with Crippen LogP contribution in [-0.2, 0) is 13.7 Å². The lowest BCUT2D eigenvalue weighted by atomic mass is 10.1. The molecule has 0 bridgehead atoms. The van der Waals surface area contributed by atoms with Gasteiger partial charge in [0.25, 0.3) is 5.88 Å². The molecule has 9 heteroatoms. The first-order valence-electron chi connectivity index (χ1n) is 6.52. The molecule has 23 heavy (non-hydrogen) atoms. The molecule has 0 aliphatic carbocycles. The molecule has 2 aromatic heterocycles. The molecule has 0 saturated carbocycles. The maximum Gasteiger partial charge on any atom is 0.374 e. The quantitative estimate of drug-likeness (QED) is 0.766. The van der Waals surface area contributed by atoms with Gasteiger partial charge in [-0.25, -0.2) is 13.9 Å². The predicted molar refractivity (Wildman–Crippen MR) is 74.2 cm³/mol. The Kier molecular flexibility index (Phi) is 3.75. The summed E-state index contributed by atoms with van der Waals surface area (Å²) >= 11 is 0. The summed E-state index contributed by atoms with van der Waals surface area (Å²) < 4.78 is 24.5. The minimum Gasteiger partial charge on any atom is -0.475 e. The van der Waals surface area contributed by atoms with Crippen molar-refractivity contribution in [1.29, 1.82) is 0 Å². The number of aromatic carboxylic acids is 1. The van der Waals surface area contributed by atoms with E-state index in [2.05, 4.69) is 20.0 Å². The second-order valence-electron chi connectivity index (χ2n) is 4.64. The summed E-state index contributed by atoms with van der Waals surface area (Å²) in [4.78, 5) is 10.7. The van der Waals surface area contributed by atoms with Crippen molar-refractivity contribution in [2.24, 2.45) is 7.05 Å². The lowest BCUT2D eigenvalue weighted by molar-refractivity contribution is 0.0651. The Hall–Kier alpha value is -3.23. The average Bonchev–Trinajstić information content (AvgIpc) is 3.13. The van der Waals surface area contributed by atoms with Crippen LogP contribution in [0.3, 0.4) is 0 Å². The molecular formula is C14H11FN4O4. The number of aryl methyl sites for hydroxylation is 1. The monoisotopic (exact) mass is 318 g/mol. The van der Waals surface area contributed by atoms with Gasteiger partial charge in [0.2, 0.25) is 5.76 Å². The smallest absolute Gasteiger partial charge is 0.374 e. The van der Waals surface area contributed by atoms with Crippen molar-refractivity contribution in [3.05, 3.63) is 47.6 Å². The summed E-state index contributed by atoms with van der Waals surface area (Å²) in [7, 11) is 1.68. The average molecular weight is 318 g/mol. The van der Waals surface area contributed by atoms with E-state index >= 15 is 0 Å². The van der Waals surface area contributed by atoms with Gasteiger partial charge in [-0.2, -0.15) is 0 Å². The van der Waals surface area contributed by atoms with Gasteiger partial charge in [0.15, 0.2) is 0 Å². The first-order valence-corrected chi connectivity index (χ1v) is 6.52. The minimum absolute atomic E-state index is 0.0358. The number of hydrogen-bond donors (Lipinski definition) is 1. The third-order valence-corrected chi connectivity index (χ3v) is 3.12. The highest BCUT2D eigenvalue weighted by Gasteiger charge is 2.16. The Morgan fingerprint density at radius 1 is 1.39 bits per heavy atom. The van der Waals surface area contributed by atoms with Gasteiger partial charge in [-0.05, 0) is 29.4 Å². The first kappa shape index (κ1) is 14.7. The Bertz CT molecular complexity index is 841. The second-order valence-corrected chi connectivity index (χ2v) is 4.64. The van der Waals surface area contributed by atoms with Crippen LogP contribution >= 0.6 is 0 Å². The zero-order valence-corrected chi connectivity index (χ0v) is 11.9. The summed E-state index contributed by atoms with van der Waals surface area (Å²) in [5.41, 5.74) is 1.84. The number of carboxylic acid groups (broad SMARTS) is 1. The van der Waals surface area contributed by atoms with Crippen molar-refractivity contribution < 1.29 is 23.6 Å². The van der Waals surface area contributed by atoms with Crippen molar-refractivity contribution in [1.82, 2.24) is 20.2 Å². The summed E-state index contributed by atoms with van der Waals surface area (Å²) in [6.07, 6.45) is 0. The number of hydrogen-bond acceptors (Lipinski definition) is 6.